The fourth-order valence-electron chi connectivity index (χ4n) is 1.42. The molecule has 0 aromatic carbocycles. The Balaban J connectivity index is 2.07. The Bertz CT molecular complexity index is 339. The van der Waals surface area contributed by atoms with Gasteiger partial charge in [0.05, 0.1) is 24.8 Å². The van der Waals surface area contributed by atoms with Crippen molar-refractivity contribution in [1.29, 1.82) is 0 Å². The van der Waals surface area contributed by atoms with Gasteiger partial charge in [-0.15, -0.1) is 0 Å². The van der Waals surface area contributed by atoms with Gasteiger partial charge in [0.2, 0.25) is 5.88 Å². The van der Waals surface area contributed by atoms with Crippen molar-refractivity contribution >= 4 is 11.6 Å². The van der Waals surface area contributed by atoms with Crippen LogP contribution in [0.2, 0.25) is 5.02 Å². The van der Waals surface area contributed by atoms with E-state index in [-0.39, 0.29) is 12.7 Å². The Kier molecular flexibility index (Phi) is 3.41. The minimum absolute atomic E-state index is 0.0604. The van der Waals surface area contributed by atoms with Crippen LogP contribution in [0.1, 0.15) is 12.0 Å². The van der Waals surface area contributed by atoms with Crippen molar-refractivity contribution in [2.75, 3.05) is 13.2 Å². The first-order chi connectivity index (χ1) is 7.29. The molecule has 0 bridgehead atoms. The van der Waals surface area contributed by atoms with Crippen molar-refractivity contribution in [2.24, 2.45) is 0 Å². The summed E-state index contributed by atoms with van der Waals surface area (Å²) in [7, 11) is 0. The van der Waals surface area contributed by atoms with Gasteiger partial charge >= 0.3 is 0 Å². The lowest BCUT2D eigenvalue weighted by Crippen LogP contribution is -2.16. The van der Waals surface area contributed by atoms with Crippen LogP contribution in [0.5, 0.6) is 5.88 Å². The van der Waals surface area contributed by atoms with Crippen LogP contribution < -0.4 is 4.74 Å². The molecule has 4 nitrogen and oxygen atoms in total. The molecule has 1 aliphatic heterocycles. The van der Waals surface area contributed by atoms with Crippen molar-refractivity contribution in [2.45, 2.75) is 19.1 Å². The highest BCUT2D eigenvalue weighted by Crippen LogP contribution is 2.21. The monoisotopic (exact) mass is 229 g/mol. The van der Waals surface area contributed by atoms with Gasteiger partial charge in [-0.25, -0.2) is 4.98 Å². The Morgan fingerprint density at radius 1 is 1.67 bits per heavy atom. The summed E-state index contributed by atoms with van der Waals surface area (Å²) in [6, 6.07) is 1.65. The van der Waals surface area contributed by atoms with E-state index >= 15 is 0 Å². The van der Waals surface area contributed by atoms with E-state index in [1.54, 1.807) is 6.07 Å². The third-order valence-electron chi connectivity index (χ3n) is 2.26. The second kappa shape index (κ2) is 4.79. The van der Waals surface area contributed by atoms with Gasteiger partial charge in [-0.05, 0) is 0 Å². The zero-order valence-corrected chi connectivity index (χ0v) is 8.91. The molecule has 1 aromatic heterocycles. The van der Waals surface area contributed by atoms with Crippen LogP contribution in [-0.2, 0) is 11.3 Å². The van der Waals surface area contributed by atoms with Crippen molar-refractivity contribution in [3.8, 4) is 5.88 Å². The number of ether oxygens (including phenoxy) is 2. The molecule has 0 saturated carbocycles. The minimum atomic E-state index is -0.112. The fraction of sp³-hybridized carbons (Fsp3) is 0.500. The molecule has 1 saturated heterocycles. The molecule has 15 heavy (non-hydrogen) atoms. The Labute approximate surface area is 92.8 Å². The van der Waals surface area contributed by atoms with Gasteiger partial charge in [-0.2, -0.15) is 0 Å². The maximum Gasteiger partial charge on any atom is 0.213 e. The first-order valence-electron chi connectivity index (χ1n) is 4.79. The molecule has 1 atom stereocenters. The Hall–Kier alpha value is -0.840. The van der Waals surface area contributed by atoms with E-state index in [0.29, 0.717) is 23.1 Å². The number of halogens is 1. The summed E-state index contributed by atoms with van der Waals surface area (Å²) in [5, 5.41) is 9.46. The van der Waals surface area contributed by atoms with Crippen molar-refractivity contribution in [3.63, 3.8) is 0 Å². The zero-order valence-electron chi connectivity index (χ0n) is 8.15. The smallest absolute Gasteiger partial charge is 0.213 e. The van der Waals surface area contributed by atoms with Crippen LogP contribution in [0.15, 0.2) is 12.3 Å². The molecule has 82 valence electrons. The van der Waals surface area contributed by atoms with Crippen LogP contribution in [-0.4, -0.2) is 29.4 Å². The molecule has 0 spiro atoms. The first-order valence-corrected chi connectivity index (χ1v) is 5.17. The Morgan fingerprint density at radius 2 is 2.53 bits per heavy atom. The fourth-order valence-corrected chi connectivity index (χ4v) is 1.58. The summed E-state index contributed by atoms with van der Waals surface area (Å²) >= 11 is 5.81. The number of nitrogens with zero attached hydrogens (tertiary/aromatic N) is 1. The molecular formula is C10H12ClNO3. The van der Waals surface area contributed by atoms with Crippen molar-refractivity contribution in [3.05, 3.63) is 22.8 Å². The molecule has 1 fully saturated rings. The Morgan fingerprint density at radius 3 is 3.20 bits per heavy atom. The predicted molar refractivity (Wildman–Crippen MR) is 55.0 cm³/mol. The quantitative estimate of drug-likeness (QED) is 0.851. The lowest BCUT2D eigenvalue weighted by Gasteiger charge is -2.11. The normalized spacial score (nSPS) is 20.5. The third kappa shape index (κ3) is 2.59. The van der Waals surface area contributed by atoms with Gasteiger partial charge < -0.3 is 14.6 Å². The van der Waals surface area contributed by atoms with Gasteiger partial charge in [0.1, 0.15) is 6.10 Å². The number of aliphatic hydroxyl groups is 1. The summed E-state index contributed by atoms with van der Waals surface area (Å²) in [6.45, 7) is 1.21. The third-order valence-corrected chi connectivity index (χ3v) is 2.60. The van der Waals surface area contributed by atoms with E-state index in [4.69, 9.17) is 26.2 Å². The average molecular weight is 230 g/mol. The number of hydrogen-bond acceptors (Lipinski definition) is 4. The second-order valence-corrected chi connectivity index (χ2v) is 3.78. The molecule has 0 aliphatic carbocycles. The number of rotatable bonds is 3. The summed E-state index contributed by atoms with van der Waals surface area (Å²) in [5.41, 5.74) is 0.626. The molecule has 5 heteroatoms. The van der Waals surface area contributed by atoms with Crippen molar-refractivity contribution in [1.82, 2.24) is 4.98 Å². The minimum Gasteiger partial charge on any atom is -0.472 e. The highest BCUT2D eigenvalue weighted by Gasteiger charge is 2.18. The van der Waals surface area contributed by atoms with Gasteiger partial charge in [0.15, 0.2) is 0 Å². The van der Waals surface area contributed by atoms with E-state index < -0.39 is 0 Å². The van der Waals surface area contributed by atoms with Crippen LogP contribution in [0.4, 0.5) is 0 Å². The van der Waals surface area contributed by atoms with E-state index in [1.807, 2.05) is 0 Å². The van der Waals surface area contributed by atoms with E-state index in [2.05, 4.69) is 4.98 Å². The van der Waals surface area contributed by atoms with Gasteiger partial charge in [0.25, 0.3) is 0 Å². The molecule has 2 rings (SSSR count). The molecule has 0 radical (unpaired) electrons. The van der Waals surface area contributed by atoms with Crippen LogP contribution >= 0.6 is 11.6 Å². The highest BCUT2D eigenvalue weighted by atomic mass is 35.5. The van der Waals surface area contributed by atoms with E-state index in [9.17, 15) is 0 Å². The van der Waals surface area contributed by atoms with E-state index in [1.165, 1.54) is 6.20 Å². The molecule has 1 aromatic rings. The summed E-state index contributed by atoms with van der Waals surface area (Å²) in [5.74, 6) is 0.485. The maximum absolute atomic E-state index is 9.01. The van der Waals surface area contributed by atoms with Crippen molar-refractivity contribution < 1.29 is 14.6 Å². The largest absolute Gasteiger partial charge is 0.472 e. The lowest BCUT2D eigenvalue weighted by molar-refractivity contribution is 0.138. The molecule has 0 amide bonds. The summed E-state index contributed by atoms with van der Waals surface area (Å²) < 4.78 is 10.7. The van der Waals surface area contributed by atoms with Crippen LogP contribution in [0, 0.1) is 0 Å². The predicted octanol–water partition coefficient (Wildman–Crippen LogP) is 1.40. The molecular weight excluding hydrogens is 218 g/mol. The standard InChI is InChI=1S/C10H12ClNO3/c11-9-4-12-10(3-7(9)5-13)15-8-1-2-14-6-8/h3-4,8,13H,1-2,5-6H2. The summed E-state index contributed by atoms with van der Waals surface area (Å²) in [4.78, 5) is 4.03. The highest BCUT2D eigenvalue weighted by molar-refractivity contribution is 6.31. The average Bonchev–Trinajstić information content (AvgIpc) is 2.73. The number of aromatic nitrogens is 1. The molecule has 1 N–H and O–H groups in total. The number of pyridine rings is 1. The van der Waals surface area contributed by atoms with Gasteiger partial charge in [-0.1, -0.05) is 11.6 Å². The lowest BCUT2D eigenvalue weighted by atomic mass is 10.3. The van der Waals surface area contributed by atoms with Gasteiger partial charge in [0, 0.05) is 24.2 Å². The molecule has 1 aliphatic rings. The number of hydrogen-bond donors (Lipinski definition) is 1. The molecule has 1 unspecified atom stereocenters. The van der Waals surface area contributed by atoms with E-state index in [0.717, 1.165) is 13.0 Å². The first kappa shape index (κ1) is 10.7. The maximum atomic E-state index is 9.01. The van der Waals surface area contributed by atoms with Gasteiger partial charge in [-0.3, -0.25) is 0 Å². The van der Waals surface area contributed by atoms with Crippen LogP contribution in [0.25, 0.3) is 0 Å². The summed E-state index contributed by atoms with van der Waals surface area (Å²) in [6.07, 6.45) is 2.42. The second-order valence-electron chi connectivity index (χ2n) is 3.38. The zero-order chi connectivity index (χ0) is 10.7. The SMILES string of the molecule is OCc1cc(OC2CCOC2)ncc1Cl. The topological polar surface area (TPSA) is 51.6 Å². The number of aliphatic hydroxyl groups excluding tert-OH is 1. The van der Waals surface area contributed by atoms with Crippen LogP contribution in [0.3, 0.4) is 0 Å². The molecule has 2 heterocycles.